The molecule has 1 aliphatic heterocycles. The Morgan fingerprint density at radius 3 is 2.57 bits per heavy atom. The first kappa shape index (κ1) is 33.5. The van der Waals surface area contributed by atoms with E-state index in [1.165, 1.54) is 37.4 Å². The van der Waals surface area contributed by atoms with Gasteiger partial charge < -0.3 is 25.4 Å². The SMILES string of the molecule is CCOc1ccc(F)c(C(Nc2ccc3c(N)nccc3c2)C(=O)N2CCCC2c2cc(NC(=O)OC)ccc2S(=O)(=O)C(C)C)c1. The van der Waals surface area contributed by atoms with Crippen LogP contribution in [0.1, 0.15) is 56.8 Å². The molecule has 0 saturated carbocycles. The van der Waals surface area contributed by atoms with Crippen LogP contribution >= 0.6 is 0 Å². The minimum Gasteiger partial charge on any atom is -0.494 e. The molecule has 0 bridgehead atoms. The van der Waals surface area contributed by atoms with E-state index in [4.69, 9.17) is 15.2 Å². The Hall–Kier alpha value is -4.91. The average molecular weight is 664 g/mol. The Balaban J connectivity index is 1.61. The van der Waals surface area contributed by atoms with E-state index in [1.54, 1.807) is 62.2 Å². The van der Waals surface area contributed by atoms with Crippen molar-refractivity contribution < 1.29 is 31.9 Å². The number of fused-ring (bicyclic) bond motifs is 1. The van der Waals surface area contributed by atoms with Gasteiger partial charge in [0.15, 0.2) is 9.84 Å². The van der Waals surface area contributed by atoms with Crippen LogP contribution in [-0.4, -0.2) is 55.8 Å². The third kappa shape index (κ3) is 6.94. The topological polar surface area (TPSA) is 153 Å². The maximum Gasteiger partial charge on any atom is 0.411 e. The van der Waals surface area contributed by atoms with Gasteiger partial charge in [0.1, 0.15) is 23.4 Å². The van der Waals surface area contributed by atoms with Crippen LogP contribution in [0.5, 0.6) is 5.75 Å². The lowest BCUT2D eigenvalue weighted by atomic mass is 10.00. The van der Waals surface area contributed by atoms with E-state index < -0.39 is 45.0 Å². The summed E-state index contributed by atoms with van der Waals surface area (Å²) in [7, 11) is -2.58. The van der Waals surface area contributed by atoms with E-state index in [9.17, 15) is 18.0 Å². The van der Waals surface area contributed by atoms with Crippen molar-refractivity contribution in [1.29, 1.82) is 0 Å². The number of halogens is 1. The second-order valence-corrected chi connectivity index (χ2v) is 14.0. The summed E-state index contributed by atoms with van der Waals surface area (Å²) in [6, 6.07) is 13.9. The molecule has 2 unspecified atom stereocenters. The number of sulfone groups is 1. The Labute approximate surface area is 273 Å². The van der Waals surface area contributed by atoms with Crippen LogP contribution in [-0.2, 0) is 19.4 Å². The number of anilines is 3. The Morgan fingerprint density at radius 1 is 1.09 bits per heavy atom. The van der Waals surface area contributed by atoms with Gasteiger partial charge in [-0.05, 0) is 105 Å². The first-order chi connectivity index (χ1) is 22.4. The highest BCUT2D eigenvalue weighted by Crippen LogP contribution is 2.40. The van der Waals surface area contributed by atoms with Crippen molar-refractivity contribution in [2.45, 2.75) is 55.8 Å². The number of hydrogen-bond donors (Lipinski definition) is 3. The predicted octanol–water partition coefficient (Wildman–Crippen LogP) is 6.23. The smallest absolute Gasteiger partial charge is 0.411 e. The second kappa shape index (κ2) is 13.8. The number of nitrogens with one attached hydrogen (secondary N) is 2. The van der Waals surface area contributed by atoms with Gasteiger partial charge in [0.2, 0.25) is 5.91 Å². The third-order valence-corrected chi connectivity index (χ3v) is 10.4. The number of benzene rings is 3. The standard InChI is InChI=1S/C34H38FN5O6S/c1-5-46-24-10-12-28(35)26(19-24)31(38-22-8-11-25-21(17-22)14-15-37-32(25)36)33(41)40-16-6-7-29(40)27-18-23(39-34(42)45-4)9-13-30(27)47(43,44)20(2)3/h8-15,17-20,29,31,38H,5-7,16H2,1-4H3,(H2,36,37)(H,39,42). The molecule has 11 nitrogen and oxygen atoms in total. The van der Waals surface area contributed by atoms with Crippen LogP contribution in [0, 0.1) is 5.82 Å². The van der Waals surface area contributed by atoms with Crippen molar-refractivity contribution in [3.63, 3.8) is 0 Å². The van der Waals surface area contributed by atoms with E-state index in [1.807, 2.05) is 0 Å². The number of rotatable bonds is 10. The molecule has 1 aliphatic rings. The molecule has 4 aromatic rings. The molecule has 1 aromatic heterocycles. The zero-order chi connectivity index (χ0) is 33.9. The third-order valence-electron chi connectivity index (χ3n) is 8.21. The maximum atomic E-state index is 15.6. The molecule has 1 saturated heterocycles. The highest BCUT2D eigenvalue weighted by Gasteiger charge is 2.39. The van der Waals surface area contributed by atoms with E-state index in [0.717, 1.165) is 10.8 Å². The molecule has 0 aliphatic carbocycles. The molecule has 47 heavy (non-hydrogen) atoms. The Morgan fingerprint density at radius 2 is 1.85 bits per heavy atom. The number of pyridine rings is 1. The van der Waals surface area contributed by atoms with Crippen LogP contribution in [0.25, 0.3) is 10.8 Å². The van der Waals surface area contributed by atoms with Gasteiger partial charge in [0, 0.05) is 35.1 Å². The number of nitrogen functional groups attached to an aromatic ring is 1. The summed E-state index contributed by atoms with van der Waals surface area (Å²) in [5, 5.41) is 6.58. The second-order valence-electron chi connectivity index (χ2n) is 11.5. The summed E-state index contributed by atoms with van der Waals surface area (Å²) in [6.45, 7) is 5.61. The summed E-state index contributed by atoms with van der Waals surface area (Å²) < 4.78 is 53.1. The molecular formula is C34H38FN5O6S. The van der Waals surface area contributed by atoms with Gasteiger partial charge in [-0.25, -0.2) is 22.6 Å². The van der Waals surface area contributed by atoms with Crippen molar-refractivity contribution >= 4 is 49.8 Å². The number of methoxy groups -OCH3 is 1. The molecule has 2 amide bonds. The van der Waals surface area contributed by atoms with Gasteiger partial charge in [-0.15, -0.1) is 0 Å². The zero-order valence-electron chi connectivity index (χ0n) is 26.6. The number of aromatic nitrogens is 1. The van der Waals surface area contributed by atoms with Crippen molar-refractivity contribution in [1.82, 2.24) is 9.88 Å². The number of ether oxygens (including phenoxy) is 2. The van der Waals surface area contributed by atoms with Gasteiger partial charge in [-0.1, -0.05) is 0 Å². The average Bonchev–Trinajstić information content (AvgIpc) is 3.54. The lowest BCUT2D eigenvalue weighted by Crippen LogP contribution is -2.38. The van der Waals surface area contributed by atoms with Crippen LogP contribution in [0.3, 0.4) is 0 Å². The van der Waals surface area contributed by atoms with Gasteiger partial charge in [-0.2, -0.15) is 0 Å². The van der Waals surface area contributed by atoms with Crippen molar-refractivity contribution in [3.8, 4) is 5.75 Å². The molecule has 1 fully saturated rings. The van der Waals surface area contributed by atoms with E-state index >= 15 is 4.39 Å². The number of carbonyl (C=O) groups excluding carboxylic acids is 2. The monoisotopic (exact) mass is 663 g/mol. The van der Waals surface area contributed by atoms with Crippen LogP contribution < -0.4 is 21.1 Å². The van der Waals surface area contributed by atoms with Crippen LogP contribution in [0.2, 0.25) is 0 Å². The van der Waals surface area contributed by atoms with Gasteiger partial charge in [-0.3, -0.25) is 10.1 Å². The lowest BCUT2D eigenvalue weighted by Gasteiger charge is -2.32. The van der Waals surface area contributed by atoms with Gasteiger partial charge in [0.25, 0.3) is 0 Å². The quantitative estimate of drug-likeness (QED) is 0.179. The fourth-order valence-electron chi connectivity index (χ4n) is 5.82. The van der Waals surface area contributed by atoms with Crippen molar-refractivity contribution in [2.24, 2.45) is 0 Å². The zero-order valence-corrected chi connectivity index (χ0v) is 27.4. The summed E-state index contributed by atoms with van der Waals surface area (Å²) in [4.78, 5) is 32.4. The lowest BCUT2D eigenvalue weighted by molar-refractivity contribution is -0.133. The number of nitrogens with two attached hydrogens (primary N) is 1. The summed E-state index contributed by atoms with van der Waals surface area (Å²) in [5.41, 5.74) is 7.31. The molecule has 248 valence electrons. The van der Waals surface area contributed by atoms with Crippen LogP contribution in [0.4, 0.5) is 26.4 Å². The van der Waals surface area contributed by atoms with E-state index in [0.29, 0.717) is 54.5 Å². The summed E-state index contributed by atoms with van der Waals surface area (Å²) in [6.07, 6.45) is 1.88. The predicted molar refractivity (Wildman–Crippen MR) is 179 cm³/mol. The Bertz CT molecular complexity index is 1920. The van der Waals surface area contributed by atoms with Crippen molar-refractivity contribution in [3.05, 3.63) is 83.8 Å². The first-order valence-electron chi connectivity index (χ1n) is 15.3. The molecule has 4 N–H and O–H groups in total. The van der Waals surface area contributed by atoms with Crippen molar-refractivity contribution in [2.75, 3.05) is 36.6 Å². The number of carbonyl (C=O) groups is 2. The molecule has 2 atom stereocenters. The number of likely N-dealkylation sites (tertiary alicyclic amines) is 1. The summed E-state index contributed by atoms with van der Waals surface area (Å²) >= 11 is 0. The molecule has 0 radical (unpaired) electrons. The minimum atomic E-state index is -3.80. The van der Waals surface area contributed by atoms with Gasteiger partial charge >= 0.3 is 6.09 Å². The normalized spacial score (nSPS) is 15.4. The molecule has 5 rings (SSSR count). The van der Waals surface area contributed by atoms with E-state index in [-0.39, 0.29) is 10.5 Å². The largest absolute Gasteiger partial charge is 0.494 e. The fraction of sp³-hybridized carbons (Fsp3) is 0.324. The molecule has 13 heteroatoms. The van der Waals surface area contributed by atoms with Crippen LogP contribution in [0.15, 0.2) is 71.8 Å². The first-order valence-corrected chi connectivity index (χ1v) is 16.9. The highest BCUT2D eigenvalue weighted by atomic mass is 32.2. The minimum absolute atomic E-state index is 0.0578. The molecule has 0 spiro atoms. The number of nitrogens with zero attached hydrogens (tertiary/aromatic N) is 2. The highest BCUT2D eigenvalue weighted by molar-refractivity contribution is 7.92. The maximum absolute atomic E-state index is 15.6. The molecule has 2 heterocycles. The fourth-order valence-corrected chi connectivity index (χ4v) is 7.11. The van der Waals surface area contributed by atoms with Gasteiger partial charge in [0.05, 0.1) is 29.9 Å². The van der Waals surface area contributed by atoms with E-state index in [2.05, 4.69) is 15.6 Å². The molecular weight excluding hydrogens is 625 g/mol. The summed E-state index contributed by atoms with van der Waals surface area (Å²) in [5.74, 6) is -0.330. The molecule has 3 aromatic carbocycles. The number of hydrogen-bond acceptors (Lipinski definition) is 9. The number of amides is 2. The Kier molecular flexibility index (Phi) is 9.85.